The number of aromatic nitrogens is 5. The molecule has 0 saturated heterocycles. The van der Waals surface area contributed by atoms with Crippen molar-refractivity contribution < 1.29 is 14.2 Å². The Labute approximate surface area is 217 Å². The van der Waals surface area contributed by atoms with Crippen molar-refractivity contribution in [2.45, 2.75) is 45.1 Å². The van der Waals surface area contributed by atoms with Crippen molar-refractivity contribution in [3.8, 4) is 11.3 Å². The van der Waals surface area contributed by atoms with Gasteiger partial charge in [0.05, 0.1) is 29.6 Å². The Hall–Kier alpha value is -4.18. The summed E-state index contributed by atoms with van der Waals surface area (Å²) < 4.78 is 4.62. The molecule has 0 unspecified atom stereocenters. The first-order chi connectivity index (χ1) is 18.1. The van der Waals surface area contributed by atoms with Gasteiger partial charge in [0, 0.05) is 12.0 Å². The highest BCUT2D eigenvalue weighted by molar-refractivity contribution is 7.11. The van der Waals surface area contributed by atoms with Crippen molar-refractivity contribution in [1.29, 1.82) is 0 Å². The predicted octanol–water partition coefficient (Wildman–Crippen LogP) is 5.68. The molecule has 0 fully saturated rings. The summed E-state index contributed by atoms with van der Waals surface area (Å²) in [5, 5.41) is 12.8. The van der Waals surface area contributed by atoms with E-state index in [0.29, 0.717) is 41.4 Å². The van der Waals surface area contributed by atoms with Crippen LogP contribution < -0.4 is 5.32 Å². The number of H-pyrrole nitrogens is 1. The Bertz CT molecular complexity index is 1510. The molecule has 37 heavy (non-hydrogen) atoms. The lowest BCUT2D eigenvalue weighted by Crippen LogP contribution is -2.28. The third-order valence-electron chi connectivity index (χ3n) is 6.26. The van der Waals surface area contributed by atoms with E-state index < -0.39 is 0 Å². The summed E-state index contributed by atoms with van der Waals surface area (Å²) in [5.74, 6) is 0.446. The van der Waals surface area contributed by atoms with Gasteiger partial charge in [-0.05, 0) is 41.8 Å². The number of hydrogen-bond acceptors (Lipinski definition) is 8. The average molecular weight is 515 g/mol. The van der Waals surface area contributed by atoms with E-state index in [2.05, 4.69) is 65.5 Å². The van der Waals surface area contributed by atoms with Gasteiger partial charge in [0.25, 0.3) is 5.91 Å². The number of imidazole rings is 1. The molecule has 5 rings (SSSR count). The predicted molar refractivity (Wildman–Crippen MR) is 140 cm³/mol. The average Bonchev–Trinajstić information content (AvgIpc) is 3.69. The van der Waals surface area contributed by atoms with Crippen molar-refractivity contribution in [3.63, 3.8) is 0 Å². The third kappa shape index (κ3) is 5.80. The van der Waals surface area contributed by atoms with E-state index in [0.717, 1.165) is 29.5 Å². The number of nitrogens with zero attached hydrogens (tertiary/aromatic N) is 4. The van der Waals surface area contributed by atoms with Gasteiger partial charge in [-0.1, -0.05) is 54.4 Å². The van der Waals surface area contributed by atoms with E-state index in [1.807, 2.05) is 12.1 Å². The topological polar surface area (TPSA) is 127 Å². The first-order valence-electron chi connectivity index (χ1n) is 12.1. The van der Waals surface area contributed by atoms with E-state index in [4.69, 9.17) is 0 Å². The van der Waals surface area contributed by atoms with Crippen molar-refractivity contribution in [3.05, 3.63) is 82.5 Å². The number of benzene rings is 2. The van der Waals surface area contributed by atoms with E-state index in [-0.39, 0.29) is 17.7 Å². The van der Waals surface area contributed by atoms with E-state index in [9.17, 15) is 9.59 Å². The maximum Gasteiger partial charge on any atom is 0.263 e. The number of thiazole rings is 1. The van der Waals surface area contributed by atoms with Crippen LogP contribution >= 0.6 is 11.3 Å². The number of aromatic amines is 1. The van der Waals surface area contributed by atoms with Crippen LogP contribution in [-0.2, 0) is 0 Å². The Morgan fingerprint density at radius 2 is 1.92 bits per heavy atom. The smallest absolute Gasteiger partial charge is 0.263 e. The fourth-order valence-electron chi connectivity index (χ4n) is 4.27. The fourth-order valence-corrected chi connectivity index (χ4v) is 4.79. The van der Waals surface area contributed by atoms with Crippen molar-refractivity contribution >= 4 is 33.8 Å². The van der Waals surface area contributed by atoms with Gasteiger partial charge in [0.15, 0.2) is 11.5 Å². The summed E-state index contributed by atoms with van der Waals surface area (Å²) >= 11 is 1.30. The molecule has 9 nitrogen and oxygen atoms in total. The standard InChI is InChI=1S/C27H26N6O3S/c1-17-25(33-36-32-17)23(34)10-4-2-3-9-21(31-27(35)24-15-28-16-37-24)26-29-14-22(30-26)20-12-11-18-7-5-6-8-19(18)13-20/h5-8,11-16,21H,2-4,9-10H2,1H3,(H,29,30)(H,31,35)/t21-/m0/s1. The Morgan fingerprint density at radius 1 is 1.05 bits per heavy atom. The molecular weight excluding hydrogens is 488 g/mol. The van der Waals surface area contributed by atoms with Gasteiger partial charge in [-0.2, -0.15) is 0 Å². The molecule has 188 valence electrons. The van der Waals surface area contributed by atoms with Crippen LogP contribution in [0, 0.1) is 6.92 Å². The van der Waals surface area contributed by atoms with Crippen molar-refractivity contribution in [1.82, 2.24) is 30.6 Å². The second-order valence-corrected chi connectivity index (χ2v) is 9.74. The first kappa shape index (κ1) is 24.5. The largest absolute Gasteiger partial charge is 0.341 e. The molecule has 0 radical (unpaired) electrons. The Kier molecular flexibility index (Phi) is 7.46. The van der Waals surface area contributed by atoms with E-state index >= 15 is 0 Å². The number of ketones is 1. The highest BCUT2D eigenvalue weighted by Gasteiger charge is 2.20. The number of aryl methyl sites for hydroxylation is 1. The molecule has 5 aromatic rings. The molecule has 1 atom stereocenters. The zero-order chi connectivity index (χ0) is 25.6. The fraction of sp³-hybridized carbons (Fsp3) is 0.259. The van der Waals surface area contributed by atoms with Gasteiger partial charge < -0.3 is 10.3 Å². The number of amides is 1. The van der Waals surface area contributed by atoms with Crippen LogP contribution in [0.4, 0.5) is 0 Å². The van der Waals surface area contributed by atoms with Gasteiger partial charge in [-0.25, -0.2) is 9.61 Å². The SMILES string of the molecule is Cc1nonc1C(=O)CCCCC[C@H](NC(=O)c1cncs1)c1ncc(-c2ccc3ccccc3c2)[nH]1. The van der Waals surface area contributed by atoms with Crippen LogP contribution in [0.2, 0.25) is 0 Å². The normalized spacial score (nSPS) is 12.0. The third-order valence-corrected chi connectivity index (χ3v) is 7.03. The van der Waals surface area contributed by atoms with Crippen molar-refractivity contribution in [2.24, 2.45) is 0 Å². The number of carbonyl (C=O) groups is 2. The molecule has 2 N–H and O–H groups in total. The first-order valence-corrected chi connectivity index (χ1v) is 13.0. The van der Waals surface area contributed by atoms with Crippen LogP contribution in [0.25, 0.3) is 22.0 Å². The van der Waals surface area contributed by atoms with Crippen LogP contribution in [0.1, 0.15) is 69.8 Å². The minimum atomic E-state index is -0.304. The lowest BCUT2D eigenvalue weighted by molar-refractivity contribution is 0.0935. The minimum Gasteiger partial charge on any atom is -0.341 e. The molecule has 0 saturated carbocycles. The number of fused-ring (bicyclic) bond motifs is 1. The van der Waals surface area contributed by atoms with Gasteiger partial charge >= 0.3 is 0 Å². The highest BCUT2D eigenvalue weighted by Crippen LogP contribution is 2.26. The molecule has 10 heteroatoms. The molecule has 1 amide bonds. The molecule has 0 bridgehead atoms. The Morgan fingerprint density at radius 3 is 2.70 bits per heavy atom. The zero-order valence-electron chi connectivity index (χ0n) is 20.3. The summed E-state index contributed by atoms with van der Waals surface area (Å²) in [7, 11) is 0. The zero-order valence-corrected chi connectivity index (χ0v) is 21.1. The lowest BCUT2D eigenvalue weighted by Gasteiger charge is -2.16. The molecule has 0 aliphatic carbocycles. The number of unbranched alkanes of at least 4 members (excludes halogenated alkanes) is 2. The lowest BCUT2D eigenvalue weighted by atomic mass is 10.0. The van der Waals surface area contributed by atoms with Gasteiger partial charge in [0.2, 0.25) is 0 Å². The number of nitrogens with one attached hydrogen (secondary N) is 2. The van der Waals surface area contributed by atoms with Gasteiger partial charge in [0.1, 0.15) is 16.4 Å². The highest BCUT2D eigenvalue weighted by atomic mass is 32.1. The van der Waals surface area contributed by atoms with Crippen molar-refractivity contribution in [2.75, 3.05) is 0 Å². The molecular formula is C27H26N6O3S. The molecule has 3 heterocycles. The minimum absolute atomic E-state index is 0.0696. The summed E-state index contributed by atoms with van der Waals surface area (Å²) in [6, 6.07) is 14.2. The quantitative estimate of drug-likeness (QED) is 0.171. The second kappa shape index (κ2) is 11.3. The molecule has 0 aliphatic rings. The number of Topliss-reactive ketones (excluding diaryl/α,β-unsaturated/α-hetero) is 1. The summed E-state index contributed by atoms with van der Waals surface area (Å²) in [6.45, 7) is 1.70. The van der Waals surface area contributed by atoms with Crippen LogP contribution in [0.15, 0.2) is 65.0 Å². The molecule has 0 aliphatic heterocycles. The van der Waals surface area contributed by atoms with Crippen LogP contribution in [-0.4, -0.2) is 37.0 Å². The maximum absolute atomic E-state index is 12.8. The summed E-state index contributed by atoms with van der Waals surface area (Å²) in [4.78, 5) is 37.7. The number of carbonyl (C=O) groups excluding carboxylic acids is 2. The van der Waals surface area contributed by atoms with Crippen LogP contribution in [0.3, 0.4) is 0 Å². The second-order valence-electron chi connectivity index (χ2n) is 8.86. The monoisotopic (exact) mass is 514 g/mol. The van der Waals surface area contributed by atoms with E-state index in [1.165, 1.54) is 16.7 Å². The number of rotatable bonds is 11. The van der Waals surface area contributed by atoms with Crippen LogP contribution in [0.5, 0.6) is 0 Å². The molecule has 2 aromatic carbocycles. The van der Waals surface area contributed by atoms with Gasteiger partial charge in [-0.3, -0.25) is 14.6 Å². The maximum atomic E-state index is 12.8. The Balaban J connectivity index is 1.25. The summed E-state index contributed by atoms with van der Waals surface area (Å²) in [6.07, 6.45) is 6.75. The molecule has 3 aromatic heterocycles. The van der Waals surface area contributed by atoms with Gasteiger partial charge in [-0.15, -0.1) is 11.3 Å². The summed E-state index contributed by atoms with van der Waals surface area (Å²) in [5.41, 5.74) is 4.36. The molecule has 0 spiro atoms. The number of hydrogen-bond donors (Lipinski definition) is 2. The van der Waals surface area contributed by atoms with E-state index in [1.54, 1.807) is 24.8 Å².